The van der Waals surface area contributed by atoms with Gasteiger partial charge in [0.15, 0.2) is 0 Å². The Hall–Kier alpha value is -1.43. The minimum Gasteiger partial charge on any atom is -0.493 e. The van der Waals surface area contributed by atoms with Gasteiger partial charge in [0.1, 0.15) is 5.15 Å². The first kappa shape index (κ1) is 12.0. The largest absolute Gasteiger partial charge is 0.493 e. The third kappa shape index (κ3) is 2.31. The number of pyridine rings is 2. The fourth-order valence-electron chi connectivity index (χ4n) is 1.68. The van der Waals surface area contributed by atoms with Crippen LogP contribution in [0.2, 0.25) is 5.15 Å². The van der Waals surface area contributed by atoms with Crippen LogP contribution in [0.1, 0.15) is 11.6 Å². The van der Waals surface area contributed by atoms with Crippen LogP contribution in [0.5, 0.6) is 5.88 Å². The summed E-state index contributed by atoms with van der Waals surface area (Å²) in [5, 5.41) is 11.2. The molecule has 0 spiro atoms. The number of rotatable bonds is 3. The standard InChI is InChI=1S/C11H12ClN3O2/c1-17-5-9(13)7-3-15-11(16)8-4-14-10(12)2-6(7)8/h2-4,9H,5,13H2,1H3,(H,15,16). The Kier molecular flexibility index (Phi) is 3.42. The van der Waals surface area contributed by atoms with Crippen molar-refractivity contribution < 1.29 is 9.84 Å². The van der Waals surface area contributed by atoms with Crippen LogP contribution in [-0.2, 0) is 4.74 Å². The monoisotopic (exact) mass is 253 g/mol. The Labute approximate surface area is 103 Å². The third-order valence-corrected chi connectivity index (χ3v) is 2.70. The van der Waals surface area contributed by atoms with E-state index in [9.17, 15) is 5.11 Å². The average molecular weight is 254 g/mol. The Morgan fingerprint density at radius 3 is 2.88 bits per heavy atom. The molecule has 6 heteroatoms. The summed E-state index contributed by atoms with van der Waals surface area (Å²) in [6.45, 7) is 0.363. The number of nitrogens with zero attached hydrogens (tertiary/aromatic N) is 2. The molecule has 5 nitrogen and oxygen atoms in total. The highest BCUT2D eigenvalue weighted by atomic mass is 35.5. The molecule has 1 atom stereocenters. The normalized spacial score (nSPS) is 12.9. The summed E-state index contributed by atoms with van der Waals surface area (Å²) in [6.07, 6.45) is 3.00. The number of fused-ring (bicyclic) bond motifs is 1. The zero-order valence-corrected chi connectivity index (χ0v) is 9.98. The smallest absolute Gasteiger partial charge is 0.220 e. The lowest BCUT2D eigenvalue weighted by Crippen LogP contribution is -2.16. The van der Waals surface area contributed by atoms with Gasteiger partial charge in [-0.15, -0.1) is 0 Å². The Morgan fingerprint density at radius 1 is 1.41 bits per heavy atom. The molecule has 0 saturated carbocycles. The van der Waals surface area contributed by atoms with E-state index >= 15 is 0 Å². The van der Waals surface area contributed by atoms with Crippen LogP contribution in [0, 0.1) is 0 Å². The molecule has 0 saturated heterocycles. The maximum Gasteiger partial charge on any atom is 0.220 e. The van der Waals surface area contributed by atoms with Gasteiger partial charge in [0, 0.05) is 19.5 Å². The van der Waals surface area contributed by atoms with Crippen LogP contribution in [0.25, 0.3) is 10.8 Å². The van der Waals surface area contributed by atoms with Gasteiger partial charge in [-0.2, -0.15) is 0 Å². The van der Waals surface area contributed by atoms with Gasteiger partial charge in [-0.1, -0.05) is 11.6 Å². The first-order valence-electron chi connectivity index (χ1n) is 5.01. The van der Waals surface area contributed by atoms with E-state index in [2.05, 4.69) is 9.97 Å². The Balaban J connectivity index is 2.63. The summed E-state index contributed by atoms with van der Waals surface area (Å²) >= 11 is 5.84. The van der Waals surface area contributed by atoms with Crippen LogP contribution in [-0.4, -0.2) is 28.8 Å². The lowest BCUT2D eigenvalue weighted by atomic mass is 10.0. The van der Waals surface area contributed by atoms with E-state index < -0.39 is 0 Å². The van der Waals surface area contributed by atoms with Crippen molar-refractivity contribution in [3.8, 4) is 5.88 Å². The van der Waals surface area contributed by atoms with Crippen LogP contribution in [0.3, 0.4) is 0 Å². The van der Waals surface area contributed by atoms with Crippen molar-refractivity contribution in [1.82, 2.24) is 9.97 Å². The van der Waals surface area contributed by atoms with Crippen LogP contribution in [0.4, 0.5) is 0 Å². The molecule has 3 N–H and O–H groups in total. The molecule has 0 bridgehead atoms. The van der Waals surface area contributed by atoms with Crippen molar-refractivity contribution in [3.63, 3.8) is 0 Å². The summed E-state index contributed by atoms with van der Waals surface area (Å²) in [5.74, 6) is -0.0856. The molecule has 2 rings (SSSR count). The first-order chi connectivity index (χ1) is 8.13. The molecule has 0 aliphatic rings. The van der Waals surface area contributed by atoms with Gasteiger partial charge in [-0.25, -0.2) is 9.97 Å². The molecule has 2 aromatic heterocycles. The second-order valence-electron chi connectivity index (χ2n) is 3.65. The maximum atomic E-state index is 9.63. The van der Waals surface area contributed by atoms with Crippen molar-refractivity contribution in [1.29, 1.82) is 0 Å². The van der Waals surface area contributed by atoms with Crippen molar-refractivity contribution in [2.24, 2.45) is 5.73 Å². The van der Waals surface area contributed by atoms with Gasteiger partial charge in [0.25, 0.3) is 0 Å². The number of aromatic hydroxyl groups is 1. The van der Waals surface area contributed by atoms with E-state index in [0.717, 1.165) is 10.9 Å². The van der Waals surface area contributed by atoms with Crippen LogP contribution >= 0.6 is 11.6 Å². The highest BCUT2D eigenvalue weighted by Gasteiger charge is 2.13. The predicted octanol–water partition coefficient (Wildman–Crippen LogP) is 1.64. The van der Waals surface area contributed by atoms with Crippen molar-refractivity contribution >= 4 is 22.4 Å². The topological polar surface area (TPSA) is 81.3 Å². The molecule has 17 heavy (non-hydrogen) atoms. The van der Waals surface area contributed by atoms with Crippen LogP contribution < -0.4 is 5.73 Å². The molecule has 2 heterocycles. The van der Waals surface area contributed by atoms with Crippen LogP contribution in [0.15, 0.2) is 18.5 Å². The predicted molar refractivity (Wildman–Crippen MR) is 65.0 cm³/mol. The van der Waals surface area contributed by atoms with Crippen molar-refractivity contribution in [2.45, 2.75) is 6.04 Å². The SMILES string of the molecule is COCC(N)c1cnc(O)c2cnc(Cl)cc12. The Bertz CT molecular complexity index is 547. The third-order valence-electron chi connectivity index (χ3n) is 2.49. The molecule has 0 fully saturated rings. The van der Waals surface area contributed by atoms with Crippen molar-refractivity contribution in [2.75, 3.05) is 13.7 Å². The Morgan fingerprint density at radius 2 is 2.18 bits per heavy atom. The highest BCUT2D eigenvalue weighted by molar-refractivity contribution is 6.30. The van der Waals surface area contributed by atoms with E-state index in [0.29, 0.717) is 17.1 Å². The summed E-state index contributed by atoms with van der Waals surface area (Å²) < 4.78 is 5.00. The fraction of sp³-hybridized carbons (Fsp3) is 0.273. The number of halogens is 1. The molecular formula is C11H12ClN3O2. The average Bonchev–Trinajstić information content (AvgIpc) is 2.29. The minimum atomic E-state index is -0.325. The van der Waals surface area contributed by atoms with E-state index in [1.165, 1.54) is 12.4 Å². The van der Waals surface area contributed by atoms with E-state index in [1.54, 1.807) is 13.2 Å². The minimum absolute atomic E-state index is 0.0856. The zero-order chi connectivity index (χ0) is 12.4. The molecule has 2 aromatic rings. The molecule has 1 unspecified atom stereocenters. The number of aromatic nitrogens is 2. The molecule has 90 valence electrons. The summed E-state index contributed by atoms with van der Waals surface area (Å²) in [4.78, 5) is 7.79. The number of hydrogen-bond donors (Lipinski definition) is 2. The van der Waals surface area contributed by atoms with Gasteiger partial charge in [-0.05, 0) is 17.0 Å². The quantitative estimate of drug-likeness (QED) is 0.813. The number of hydrogen-bond acceptors (Lipinski definition) is 5. The van der Waals surface area contributed by atoms with Crippen molar-refractivity contribution in [3.05, 3.63) is 29.2 Å². The molecule has 0 aromatic carbocycles. The van der Waals surface area contributed by atoms with Gasteiger partial charge < -0.3 is 15.6 Å². The molecule has 0 radical (unpaired) electrons. The first-order valence-corrected chi connectivity index (χ1v) is 5.39. The van der Waals surface area contributed by atoms with Gasteiger partial charge >= 0.3 is 0 Å². The zero-order valence-electron chi connectivity index (χ0n) is 9.22. The van der Waals surface area contributed by atoms with Gasteiger partial charge in [0.05, 0.1) is 18.0 Å². The second-order valence-corrected chi connectivity index (χ2v) is 4.04. The lowest BCUT2D eigenvalue weighted by molar-refractivity contribution is 0.181. The number of ether oxygens (including phenoxy) is 1. The number of methoxy groups -OCH3 is 1. The molecular weight excluding hydrogens is 242 g/mol. The maximum absolute atomic E-state index is 9.63. The summed E-state index contributed by atoms with van der Waals surface area (Å²) in [5.41, 5.74) is 6.73. The highest BCUT2D eigenvalue weighted by Crippen LogP contribution is 2.29. The number of nitrogens with two attached hydrogens (primary N) is 1. The van der Waals surface area contributed by atoms with Gasteiger partial charge in [0.2, 0.25) is 5.88 Å². The molecule has 0 aliphatic carbocycles. The summed E-state index contributed by atoms with van der Waals surface area (Å²) in [7, 11) is 1.57. The lowest BCUT2D eigenvalue weighted by Gasteiger charge is -2.13. The van der Waals surface area contributed by atoms with E-state index in [-0.39, 0.29) is 11.9 Å². The second kappa shape index (κ2) is 4.83. The molecule has 0 amide bonds. The molecule has 0 aliphatic heterocycles. The summed E-state index contributed by atoms with van der Waals surface area (Å²) in [6, 6.07) is 1.33. The fourth-order valence-corrected chi connectivity index (χ4v) is 1.84. The van der Waals surface area contributed by atoms with E-state index in [4.69, 9.17) is 22.1 Å². The van der Waals surface area contributed by atoms with Gasteiger partial charge in [-0.3, -0.25) is 0 Å². The van der Waals surface area contributed by atoms with E-state index in [1.807, 2.05) is 0 Å².